The molecule has 2 atom stereocenters. The van der Waals surface area contributed by atoms with Crippen LogP contribution in [-0.4, -0.2) is 44.2 Å². The Morgan fingerprint density at radius 2 is 2.19 bits per heavy atom. The van der Waals surface area contributed by atoms with E-state index in [4.69, 9.17) is 0 Å². The fraction of sp³-hybridized carbons (Fsp3) is 0.667. The van der Waals surface area contributed by atoms with Gasteiger partial charge in [0.05, 0.1) is 5.60 Å². The van der Waals surface area contributed by atoms with E-state index in [9.17, 15) is 14.7 Å². The van der Waals surface area contributed by atoms with Crippen molar-refractivity contribution in [3.8, 4) is 0 Å². The molecule has 0 saturated carbocycles. The van der Waals surface area contributed by atoms with E-state index in [1.165, 1.54) is 4.57 Å². The maximum atomic E-state index is 12.4. The molecule has 0 unspecified atom stereocenters. The van der Waals surface area contributed by atoms with Gasteiger partial charge in [-0.3, -0.25) is 9.36 Å². The Hall–Kier alpha value is -1.69. The number of nitrogens with zero attached hydrogens (tertiary/aromatic N) is 3. The first kappa shape index (κ1) is 15.7. The molecular weight excluding hydrogens is 270 g/mol. The Balaban J connectivity index is 2.11. The SMILES string of the molecule is Cc1cc(C)n(CC(=O)N2CC[C@](C)(O)[C@H](C)C2)c(=O)n1. The number of hydrogen-bond donors (Lipinski definition) is 1. The molecule has 1 aliphatic rings. The van der Waals surface area contributed by atoms with Gasteiger partial charge in [0.1, 0.15) is 6.54 Å². The van der Waals surface area contributed by atoms with Gasteiger partial charge in [0, 0.05) is 30.4 Å². The molecule has 1 aromatic rings. The van der Waals surface area contributed by atoms with E-state index in [0.717, 1.165) is 5.69 Å². The molecule has 116 valence electrons. The summed E-state index contributed by atoms with van der Waals surface area (Å²) >= 11 is 0. The Labute approximate surface area is 124 Å². The number of aryl methyl sites for hydroxylation is 2. The Morgan fingerprint density at radius 3 is 2.76 bits per heavy atom. The average molecular weight is 293 g/mol. The first-order valence-electron chi connectivity index (χ1n) is 7.26. The van der Waals surface area contributed by atoms with E-state index in [0.29, 0.717) is 25.2 Å². The van der Waals surface area contributed by atoms with Gasteiger partial charge in [0.25, 0.3) is 0 Å². The summed E-state index contributed by atoms with van der Waals surface area (Å²) in [6, 6.07) is 1.79. The van der Waals surface area contributed by atoms with Gasteiger partial charge in [-0.05, 0) is 33.3 Å². The van der Waals surface area contributed by atoms with Crippen molar-refractivity contribution >= 4 is 5.91 Å². The molecule has 1 N–H and O–H groups in total. The van der Waals surface area contributed by atoms with Crippen molar-refractivity contribution in [1.82, 2.24) is 14.5 Å². The molecular formula is C15H23N3O3. The van der Waals surface area contributed by atoms with Gasteiger partial charge in [-0.2, -0.15) is 4.98 Å². The molecule has 1 saturated heterocycles. The quantitative estimate of drug-likeness (QED) is 0.860. The summed E-state index contributed by atoms with van der Waals surface area (Å²) in [5.41, 5.74) is 0.272. The van der Waals surface area contributed by atoms with Crippen LogP contribution in [-0.2, 0) is 11.3 Å². The molecule has 2 heterocycles. The number of aliphatic hydroxyl groups is 1. The third-order valence-electron chi connectivity index (χ3n) is 4.44. The largest absolute Gasteiger partial charge is 0.390 e. The van der Waals surface area contributed by atoms with Gasteiger partial charge >= 0.3 is 5.69 Å². The number of carbonyl (C=O) groups is 1. The molecule has 1 amide bonds. The van der Waals surface area contributed by atoms with Crippen LogP contribution >= 0.6 is 0 Å². The molecule has 21 heavy (non-hydrogen) atoms. The number of hydrogen-bond acceptors (Lipinski definition) is 4. The molecule has 1 fully saturated rings. The molecule has 6 heteroatoms. The predicted molar refractivity (Wildman–Crippen MR) is 79.0 cm³/mol. The van der Waals surface area contributed by atoms with Crippen molar-refractivity contribution in [2.45, 2.75) is 46.3 Å². The van der Waals surface area contributed by atoms with Crippen molar-refractivity contribution in [2.24, 2.45) is 5.92 Å². The zero-order valence-electron chi connectivity index (χ0n) is 13.1. The van der Waals surface area contributed by atoms with Crippen molar-refractivity contribution in [2.75, 3.05) is 13.1 Å². The van der Waals surface area contributed by atoms with Gasteiger partial charge in [-0.1, -0.05) is 6.92 Å². The summed E-state index contributed by atoms with van der Waals surface area (Å²) in [5.74, 6) is -0.0858. The van der Waals surface area contributed by atoms with E-state index < -0.39 is 11.3 Å². The molecule has 0 spiro atoms. The van der Waals surface area contributed by atoms with E-state index in [-0.39, 0.29) is 18.4 Å². The van der Waals surface area contributed by atoms with Crippen LogP contribution in [0.5, 0.6) is 0 Å². The average Bonchev–Trinajstić information content (AvgIpc) is 2.36. The first-order chi connectivity index (χ1) is 9.70. The smallest absolute Gasteiger partial charge is 0.348 e. The third-order valence-corrected chi connectivity index (χ3v) is 4.44. The summed E-state index contributed by atoms with van der Waals surface area (Å²) in [6.45, 7) is 8.33. The molecule has 1 aliphatic heterocycles. The van der Waals surface area contributed by atoms with E-state index in [1.54, 1.807) is 31.7 Å². The van der Waals surface area contributed by atoms with E-state index >= 15 is 0 Å². The molecule has 0 aliphatic carbocycles. The monoisotopic (exact) mass is 293 g/mol. The number of aromatic nitrogens is 2. The van der Waals surface area contributed by atoms with Gasteiger partial charge in [0.2, 0.25) is 5.91 Å². The number of amides is 1. The normalized spacial score (nSPS) is 26.0. The fourth-order valence-corrected chi connectivity index (χ4v) is 2.65. The second kappa shape index (κ2) is 5.60. The minimum atomic E-state index is -0.727. The van der Waals surface area contributed by atoms with Crippen LogP contribution < -0.4 is 5.69 Å². The zero-order valence-corrected chi connectivity index (χ0v) is 13.1. The zero-order chi connectivity index (χ0) is 15.8. The summed E-state index contributed by atoms with van der Waals surface area (Å²) in [5, 5.41) is 10.1. The topological polar surface area (TPSA) is 75.4 Å². The second-order valence-electron chi connectivity index (χ2n) is 6.26. The van der Waals surface area contributed by atoms with Crippen LogP contribution in [0.4, 0.5) is 0 Å². The van der Waals surface area contributed by atoms with Crippen LogP contribution in [0.1, 0.15) is 31.7 Å². The predicted octanol–water partition coefficient (Wildman–Crippen LogP) is 0.480. The first-order valence-corrected chi connectivity index (χ1v) is 7.26. The highest BCUT2D eigenvalue weighted by Gasteiger charge is 2.36. The standard InChI is InChI=1S/C15H23N3O3/c1-10-8-17(6-5-15(10,4)21)13(19)9-18-12(3)7-11(2)16-14(18)20/h7,10,21H,5-6,8-9H2,1-4H3/t10-,15+/m1/s1. The Morgan fingerprint density at radius 1 is 1.52 bits per heavy atom. The Kier molecular flexibility index (Phi) is 4.18. The molecule has 1 aromatic heterocycles. The number of likely N-dealkylation sites (tertiary alicyclic amines) is 1. The molecule has 0 aromatic carbocycles. The molecule has 0 radical (unpaired) electrons. The van der Waals surface area contributed by atoms with Crippen molar-refractivity contribution < 1.29 is 9.90 Å². The summed E-state index contributed by atoms with van der Waals surface area (Å²) in [6.07, 6.45) is 0.555. The van der Waals surface area contributed by atoms with Crippen molar-refractivity contribution in [3.63, 3.8) is 0 Å². The molecule has 2 rings (SSSR count). The van der Waals surface area contributed by atoms with Gasteiger partial charge in [-0.25, -0.2) is 4.79 Å². The lowest BCUT2D eigenvalue weighted by atomic mass is 9.84. The maximum absolute atomic E-state index is 12.4. The van der Waals surface area contributed by atoms with Gasteiger partial charge < -0.3 is 10.0 Å². The fourth-order valence-electron chi connectivity index (χ4n) is 2.65. The molecule has 0 bridgehead atoms. The van der Waals surface area contributed by atoms with Gasteiger partial charge in [-0.15, -0.1) is 0 Å². The number of piperidine rings is 1. The highest BCUT2D eigenvalue weighted by Crippen LogP contribution is 2.27. The van der Waals surface area contributed by atoms with E-state index in [2.05, 4.69) is 4.98 Å². The lowest BCUT2D eigenvalue weighted by molar-refractivity contribution is -0.138. The summed E-state index contributed by atoms with van der Waals surface area (Å²) in [4.78, 5) is 29.8. The highest BCUT2D eigenvalue weighted by molar-refractivity contribution is 5.76. The van der Waals surface area contributed by atoms with Crippen LogP contribution in [0, 0.1) is 19.8 Å². The minimum absolute atomic E-state index is 0.00676. The maximum Gasteiger partial charge on any atom is 0.348 e. The second-order valence-corrected chi connectivity index (χ2v) is 6.26. The van der Waals surface area contributed by atoms with Crippen LogP contribution in [0.3, 0.4) is 0 Å². The molecule has 6 nitrogen and oxygen atoms in total. The lowest BCUT2D eigenvalue weighted by Gasteiger charge is -2.41. The van der Waals surface area contributed by atoms with Gasteiger partial charge in [0.15, 0.2) is 0 Å². The number of rotatable bonds is 2. The lowest BCUT2D eigenvalue weighted by Crippen LogP contribution is -2.52. The van der Waals surface area contributed by atoms with Crippen molar-refractivity contribution in [3.05, 3.63) is 27.9 Å². The number of carbonyl (C=O) groups excluding carboxylic acids is 1. The van der Waals surface area contributed by atoms with Crippen LogP contribution in [0.25, 0.3) is 0 Å². The van der Waals surface area contributed by atoms with Crippen LogP contribution in [0.2, 0.25) is 0 Å². The summed E-state index contributed by atoms with van der Waals surface area (Å²) < 4.78 is 1.40. The summed E-state index contributed by atoms with van der Waals surface area (Å²) in [7, 11) is 0. The highest BCUT2D eigenvalue weighted by atomic mass is 16.3. The van der Waals surface area contributed by atoms with E-state index in [1.807, 2.05) is 6.92 Å². The third kappa shape index (κ3) is 3.32. The Bertz CT molecular complexity index is 607. The minimum Gasteiger partial charge on any atom is -0.390 e. The van der Waals surface area contributed by atoms with Crippen molar-refractivity contribution in [1.29, 1.82) is 0 Å². The van der Waals surface area contributed by atoms with Crippen LogP contribution in [0.15, 0.2) is 10.9 Å².